The molecule has 1 aliphatic rings. The van der Waals surface area contributed by atoms with Crippen LogP contribution in [0.25, 0.3) is 6.08 Å². The molecule has 2 aromatic heterocycles. The summed E-state index contributed by atoms with van der Waals surface area (Å²) >= 11 is 3.08. The number of carbonyl (C=O) groups is 2. The molecular formula is C19H21NO3S2. The van der Waals surface area contributed by atoms with Crippen LogP contribution in [0.3, 0.4) is 0 Å². The molecule has 1 N–H and O–H groups in total. The fraction of sp³-hybridized carbons (Fsp3) is 0.368. The number of aryl methyl sites for hydroxylation is 1. The zero-order chi connectivity index (χ0) is 17.6. The molecule has 0 saturated heterocycles. The monoisotopic (exact) mass is 375 g/mol. The first kappa shape index (κ1) is 17.9. The maximum Gasteiger partial charge on any atom is 0.341 e. The maximum atomic E-state index is 12.5. The fourth-order valence-corrected chi connectivity index (χ4v) is 4.73. The summed E-state index contributed by atoms with van der Waals surface area (Å²) in [6.45, 7) is 2.36. The molecule has 0 aromatic carbocycles. The van der Waals surface area contributed by atoms with Crippen LogP contribution in [-0.2, 0) is 22.4 Å². The minimum absolute atomic E-state index is 0.225. The third-order valence-electron chi connectivity index (χ3n) is 3.99. The van der Waals surface area contributed by atoms with Crippen molar-refractivity contribution >= 4 is 45.6 Å². The molecule has 0 unspecified atom stereocenters. The minimum atomic E-state index is -0.321. The first-order valence-electron chi connectivity index (χ1n) is 8.53. The van der Waals surface area contributed by atoms with Gasteiger partial charge in [-0.2, -0.15) is 0 Å². The van der Waals surface area contributed by atoms with Crippen molar-refractivity contribution in [3.63, 3.8) is 0 Å². The number of rotatable bonds is 6. The van der Waals surface area contributed by atoms with E-state index in [2.05, 4.69) is 5.32 Å². The number of fused-ring (bicyclic) bond motifs is 1. The Kier molecular flexibility index (Phi) is 6.04. The highest BCUT2D eigenvalue weighted by molar-refractivity contribution is 7.17. The van der Waals surface area contributed by atoms with E-state index < -0.39 is 0 Å². The molecule has 1 aliphatic carbocycles. The van der Waals surface area contributed by atoms with Gasteiger partial charge in [0.25, 0.3) is 0 Å². The van der Waals surface area contributed by atoms with E-state index in [1.54, 1.807) is 17.4 Å². The zero-order valence-corrected chi connectivity index (χ0v) is 15.8. The number of esters is 1. The van der Waals surface area contributed by atoms with Crippen molar-refractivity contribution in [2.75, 3.05) is 11.9 Å². The third kappa shape index (κ3) is 4.38. The number of nitrogens with one attached hydrogen (secondary N) is 1. The summed E-state index contributed by atoms with van der Waals surface area (Å²) < 4.78 is 5.34. The van der Waals surface area contributed by atoms with Crippen molar-refractivity contribution < 1.29 is 14.3 Å². The summed E-state index contributed by atoms with van der Waals surface area (Å²) in [6, 6.07) is 3.89. The predicted molar refractivity (Wildman–Crippen MR) is 104 cm³/mol. The van der Waals surface area contributed by atoms with Gasteiger partial charge < -0.3 is 10.1 Å². The van der Waals surface area contributed by atoms with E-state index in [0.717, 1.165) is 42.5 Å². The van der Waals surface area contributed by atoms with Crippen molar-refractivity contribution in [3.8, 4) is 0 Å². The van der Waals surface area contributed by atoms with Gasteiger partial charge in [0.1, 0.15) is 5.00 Å². The molecule has 1 amide bonds. The quantitative estimate of drug-likeness (QED) is 0.577. The topological polar surface area (TPSA) is 55.4 Å². The highest BCUT2D eigenvalue weighted by atomic mass is 32.1. The lowest BCUT2D eigenvalue weighted by atomic mass is 9.95. The second-order valence-corrected chi connectivity index (χ2v) is 7.97. The maximum absolute atomic E-state index is 12.5. The Morgan fingerprint density at radius 1 is 1.32 bits per heavy atom. The largest absolute Gasteiger partial charge is 0.462 e. The van der Waals surface area contributed by atoms with Gasteiger partial charge in [-0.1, -0.05) is 13.0 Å². The Hall–Kier alpha value is -1.92. The van der Waals surface area contributed by atoms with Crippen LogP contribution in [0.2, 0.25) is 0 Å². The van der Waals surface area contributed by atoms with E-state index in [4.69, 9.17) is 4.74 Å². The number of hydrogen-bond acceptors (Lipinski definition) is 5. The standard InChI is InChI=1S/C19H21NO3S2/c1-2-11-23-19(22)17-14-7-3-4-8-15(14)25-18(17)20-16(21)10-9-13-6-5-12-24-13/h5-6,9-10,12H,2-4,7-8,11H2,1H3,(H,20,21)/b10-9+. The highest BCUT2D eigenvalue weighted by Gasteiger charge is 2.27. The third-order valence-corrected chi connectivity index (χ3v) is 6.04. The van der Waals surface area contributed by atoms with Crippen molar-refractivity contribution in [2.45, 2.75) is 39.0 Å². The van der Waals surface area contributed by atoms with Crippen LogP contribution in [0.5, 0.6) is 0 Å². The Bertz CT molecular complexity index is 775. The molecule has 6 heteroatoms. The van der Waals surface area contributed by atoms with E-state index in [1.165, 1.54) is 22.3 Å². The molecule has 2 aromatic rings. The Morgan fingerprint density at radius 3 is 2.92 bits per heavy atom. The molecule has 0 fully saturated rings. The molecule has 0 aliphatic heterocycles. The van der Waals surface area contributed by atoms with Gasteiger partial charge in [-0.15, -0.1) is 22.7 Å². The Labute approximate surface area is 155 Å². The summed E-state index contributed by atoms with van der Waals surface area (Å²) in [4.78, 5) is 27.0. The summed E-state index contributed by atoms with van der Waals surface area (Å²) in [5, 5.41) is 5.47. The van der Waals surface area contributed by atoms with Gasteiger partial charge in [0, 0.05) is 15.8 Å². The number of thiophene rings is 2. The van der Waals surface area contributed by atoms with E-state index in [0.29, 0.717) is 17.2 Å². The smallest absolute Gasteiger partial charge is 0.341 e. The molecule has 2 heterocycles. The van der Waals surface area contributed by atoms with E-state index in [1.807, 2.05) is 24.4 Å². The zero-order valence-electron chi connectivity index (χ0n) is 14.2. The minimum Gasteiger partial charge on any atom is -0.462 e. The predicted octanol–water partition coefficient (Wildman–Crippen LogP) is 4.91. The van der Waals surface area contributed by atoms with Crippen molar-refractivity contribution in [2.24, 2.45) is 0 Å². The fourth-order valence-electron chi connectivity index (χ4n) is 2.83. The number of amides is 1. The lowest BCUT2D eigenvalue weighted by Gasteiger charge is -2.12. The van der Waals surface area contributed by atoms with E-state index in [-0.39, 0.29) is 11.9 Å². The normalized spacial score (nSPS) is 13.6. The number of anilines is 1. The van der Waals surface area contributed by atoms with Gasteiger partial charge in [-0.25, -0.2) is 4.79 Å². The van der Waals surface area contributed by atoms with Crippen molar-refractivity contribution in [1.29, 1.82) is 0 Å². The van der Waals surface area contributed by atoms with Crippen LogP contribution >= 0.6 is 22.7 Å². The van der Waals surface area contributed by atoms with Crippen LogP contribution in [0.1, 0.15) is 51.9 Å². The summed E-state index contributed by atoms with van der Waals surface area (Å²) in [5.74, 6) is -0.546. The molecular weight excluding hydrogens is 354 g/mol. The SMILES string of the molecule is CCCOC(=O)c1c(NC(=O)/C=C/c2cccs2)sc2c1CCCC2. The number of carbonyl (C=O) groups excluding carboxylic acids is 2. The highest BCUT2D eigenvalue weighted by Crippen LogP contribution is 2.38. The molecule has 3 rings (SSSR count). The molecule has 0 atom stereocenters. The molecule has 0 saturated carbocycles. The van der Waals surface area contributed by atoms with Crippen LogP contribution in [-0.4, -0.2) is 18.5 Å². The second-order valence-electron chi connectivity index (χ2n) is 5.89. The molecule has 25 heavy (non-hydrogen) atoms. The molecule has 0 radical (unpaired) electrons. The second kappa shape index (κ2) is 8.45. The van der Waals surface area contributed by atoms with Gasteiger partial charge in [-0.05, 0) is 55.2 Å². The van der Waals surface area contributed by atoms with Gasteiger partial charge in [0.2, 0.25) is 5.91 Å². The average Bonchev–Trinajstić information content (AvgIpc) is 3.25. The molecule has 0 spiro atoms. The van der Waals surface area contributed by atoms with Gasteiger partial charge in [0.05, 0.1) is 12.2 Å². The van der Waals surface area contributed by atoms with Crippen LogP contribution in [0.4, 0.5) is 5.00 Å². The van der Waals surface area contributed by atoms with Gasteiger partial charge in [0.15, 0.2) is 0 Å². The summed E-state index contributed by atoms with van der Waals surface area (Å²) in [6.07, 6.45) is 8.11. The first-order valence-corrected chi connectivity index (χ1v) is 10.2. The van der Waals surface area contributed by atoms with E-state index in [9.17, 15) is 9.59 Å². The summed E-state index contributed by atoms with van der Waals surface area (Å²) in [7, 11) is 0. The average molecular weight is 376 g/mol. The van der Waals surface area contributed by atoms with Gasteiger partial charge >= 0.3 is 5.97 Å². The van der Waals surface area contributed by atoms with Crippen molar-refractivity contribution in [3.05, 3.63) is 44.5 Å². The van der Waals surface area contributed by atoms with E-state index >= 15 is 0 Å². The molecule has 132 valence electrons. The van der Waals surface area contributed by atoms with Crippen LogP contribution < -0.4 is 5.32 Å². The lowest BCUT2D eigenvalue weighted by molar-refractivity contribution is -0.111. The van der Waals surface area contributed by atoms with Crippen molar-refractivity contribution in [1.82, 2.24) is 0 Å². The first-order chi connectivity index (χ1) is 12.2. The van der Waals surface area contributed by atoms with Gasteiger partial charge in [-0.3, -0.25) is 4.79 Å². The van der Waals surface area contributed by atoms with Crippen LogP contribution in [0.15, 0.2) is 23.6 Å². The van der Waals surface area contributed by atoms with Crippen LogP contribution in [0, 0.1) is 0 Å². The Balaban J connectivity index is 1.80. The summed E-state index contributed by atoms with van der Waals surface area (Å²) in [5.41, 5.74) is 1.63. The molecule has 0 bridgehead atoms. The number of hydrogen-bond donors (Lipinski definition) is 1. The lowest BCUT2D eigenvalue weighted by Crippen LogP contribution is -2.14. The molecule has 4 nitrogen and oxygen atoms in total. The number of ether oxygens (including phenoxy) is 1. The Morgan fingerprint density at radius 2 is 2.16 bits per heavy atom.